The molecule has 0 saturated carbocycles. The molecule has 4 aromatic heterocycles. The van der Waals surface area contributed by atoms with Crippen LogP contribution in [0, 0.1) is 77.5 Å². The number of nitro groups is 2. The first-order chi connectivity index (χ1) is 31.7. The third-order valence-corrected chi connectivity index (χ3v) is 8.64. The monoisotopic (exact) mass is 1110 g/mol. The smallest absolute Gasteiger partial charge is 0.291 e. The number of nitrogens with one attached hydrogen (secondary N) is 1. The number of hydrogen-bond acceptors (Lipinski definition) is 15. The van der Waals surface area contributed by atoms with Crippen molar-refractivity contribution in [2.75, 3.05) is 88.3 Å². The number of aryl methyl sites for hydroxylation is 6. The summed E-state index contributed by atoms with van der Waals surface area (Å²) in [5, 5.41) is 26.7. The molecule has 0 aromatic carbocycles. The zero-order chi connectivity index (χ0) is 52.5. The molecule has 0 aliphatic carbocycles. The standard InChI is InChI=1S/C12H21N5.C11H13N3O2.C11H19N3.C6H5BrN2O2.C5H9N.CH3ClN2.CH4.2ClH/c1-9-11(16-12(13)14)7-10(8-15-9)5-4-6-17(2)3;1-9-11(14(15)16)7-10(8-12-9)5-4-6-13(2)3;1-9-11(12)7-10(8-13-9)5-4-6-14(2)3;1-4-6(9(10)11)2-5(7)3-8-4;1-4-5-6(2)3;2-1(3)4;;;/h7-8H,4-6H2,1-3H3,(H4,13,14,16);7-8H,6H2,1-3H3;7-8H,4-6,12H2,1-3H3;2-3H,1H3;1H,5H2,2-3H3;(H3,3,4);1H4;2*1H. The van der Waals surface area contributed by atoms with E-state index in [-0.39, 0.29) is 54.9 Å². The molecule has 0 amide bonds. The van der Waals surface area contributed by atoms with Gasteiger partial charge in [0.1, 0.15) is 11.4 Å². The summed E-state index contributed by atoms with van der Waals surface area (Å²) in [7, 11) is 16.0. The van der Waals surface area contributed by atoms with E-state index in [0.717, 1.165) is 73.6 Å². The van der Waals surface area contributed by atoms with Gasteiger partial charge < -0.3 is 32.7 Å². The third kappa shape index (κ3) is 39.6. The molecule has 0 radical (unpaired) electrons. The van der Waals surface area contributed by atoms with Crippen LogP contribution < -0.4 is 22.9 Å². The number of rotatable bonds is 13. The first kappa shape index (κ1) is 74.2. The molecule has 0 atom stereocenters. The maximum Gasteiger partial charge on any atom is 0.291 e. The third-order valence-electron chi connectivity index (χ3n) is 8.21. The summed E-state index contributed by atoms with van der Waals surface area (Å²) in [6, 6.07) is 6.91. The van der Waals surface area contributed by atoms with Gasteiger partial charge in [-0.15, -0.1) is 31.2 Å². The van der Waals surface area contributed by atoms with E-state index >= 15 is 0 Å². The van der Waals surface area contributed by atoms with Gasteiger partial charge in [0, 0.05) is 47.0 Å². The first-order valence-electron chi connectivity index (χ1n) is 20.8. The molecule has 9 N–H and O–H groups in total. The highest BCUT2D eigenvalue weighted by molar-refractivity contribution is 9.10. The Bertz CT molecular complexity index is 2310. The van der Waals surface area contributed by atoms with Gasteiger partial charge in [-0.3, -0.25) is 55.4 Å². The summed E-state index contributed by atoms with van der Waals surface area (Å²) in [5.74, 6) is 8.30. The van der Waals surface area contributed by atoms with E-state index in [2.05, 4.69) is 114 Å². The van der Waals surface area contributed by atoms with Gasteiger partial charge in [-0.1, -0.05) is 25.2 Å². The summed E-state index contributed by atoms with van der Waals surface area (Å²) < 4.78 is 0.620. The van der Waals surface area contributed by atoms with Crippen molar-refractivity contribution in [2.24, 2.45) is 22.2 Å². The molecule has 0 unspecified atom stereocenters. The fraction of sp³-hybridized carbons (Fsp3) is 0.447. The fourth-order valence-corrected chi connectivity index (χ4v) is 5.14. The Balaban J connectivity index is -0.000000254. The minimum atomic E-state index is -0.451. The number of aliphatic imine (C=N–C) groups is 1. The zero-order valence-corrected chi connectivity index (χ0v) is 46.3. The van der Waals surface area contributed by atoms with Gasteiger partial charge in [0.05, 0.1) is 45.7 Å². The quantitative estimate of drug-likeness (QED) is 0.0219. The molecule has 4 aromatic rings. The second-order valence-corrected chi connectivity index (χ2v) is 17.1. The minimum absolute atomic E-state index is 0. The van der Waals surface area contributed by atoms with E-state index in [9.17, 15) is 20.2 Å². The van der Waals surface area contributed by atoms with Crippen LogP contribution in [0.1, 0.15) is 59.7 Å². The molecular weight excluding hydrogens is 1040 g/mol. The zero-order valence-electron chi connectivity index (χ0n) is 42.3. The molecule has 0 spiro atoms. The second-order valence-electron chi connectivity index (χ2n) is 15.7. The van der Waals surface area contributed by atoms with Crippen molar-refractivity contribution in [1.82, 2.24) is 39.5 Å². The van der Waals surface area contributed by atoms with Crippen molar-refractivity contribution in [3.05, 3.63) is 113 Å². The highest BCUT2D eigenvalue weighted by Gasteiger charge is 2.12. The number of amidine groups is 1. The number of aromatic nitrogens is 4. The van der Waals surface area contributed by atoms with Gasteiger partial charge in [-0.25, -0.2) is 4.99 Å². The summed E-state index contributed by atoms with van der Waals surface area (Å²) in [5.41, 5.74) is 28.2. The van der Waals surface area contributed by atoms with Gasteiger partial charge in [0.15, 0.2) is 11.3 Å². The van der Waals surface area contributed by atoms with Crippen LogP contribution >= 0.6 is 52.3 Å². The van der Waals surface area contributed by atoms with E-state index < -0.39 is 9.85 Å². The summed E-state index contributed by atoms with van der Waals surface area (Å²) in [4.78, 5) is 48.7. The molecule has 4 rings (SSSR count). The lowest BCUT2D eigenvalue weighted by Crippen LogP contribution is -2.22. The second kappa shape index (κ2) is 42.0. The fourth-order valence-electron chi connectivity index (χ4n) is 4.82. The summed E-state index contributed by atoms with van der Waals surface area (Å²) in [6.07, 6.45) is 16.1. The van der Waals surface area contributed by atoms with Crippen LogP contribution in [0.25, 0.3) is 0 Å². The van der Waals surface area contributed by atoms with Gasteiger partial charge in [-0.2, -0.15) is 0 Å². The molecule has 0 bridgehead atoms. The van der Waals surface area contributed by atoms with E-state index in [1.165, 1.54) is 23.9 Å². The lowest BCUT2D eigenvalue weighted by atomic mass is 10.1. The molecule has 20 nitrogen and oxygen atoms in total. The van der Waals surface area contributed by atoms with Crippen molar-refractivity contribution < 1.29 is 9.85 Å². The number of nitrogen functional groups attached to an aromatic ring is 1. The molecule has 0 aliphatic heterocycles. The van der Waals surface area contributed by atoms with Crippen LogP contribution in [0.4, 0.5) is 22.7 Å². The predicted molar refractivity (Wildman–Crippen MR) is 302 cm³/mol. The predicted octanol–water partition coefficient (Wildman–Crippen LogP) is 7.31. The Hall–Kier alpha value is -5.75. The lowest BCUT2D eigenvalue weighted by Gasteiger charge is -2.09. The van der Waals surface area contributed by atoms with E-state index in [1.807, 2.05) is 76.4 Å². The lowest BCUT2D eigenvalue weighted by molar-refractivity contribution is -0.385. The number of halogens is 4. The van der Waals surface area contributed by atoms with Gasteiger partial charge in [0.25, 0.3) is 11.4 Å². The van der Waals surface area contributed by atoms with Crippen molar-refractivity contribution >= 4 is 86.3 Å². The van der Waals surface area contributed by atoms with Crippen molar-refractivity contribution in [3.8, 4) is 24.2 Å². The van der Waals surface area contributed by atoms with Crippen molar-refractivity contribution in [1.29, 1.82) is 5.41 Å². The topological polar surface area (TPSA) is 291 Å². The number of guanidine groups is 1. The van der Waals surface area contributed by atoms with E-state index in [1.54, 1.807) is 20.0 Å². The molecule has 71 heavy (non-hydrogen) atoms. The van der Waals surface area contributed by atoms with Crippen LogP contribution in [-0.4, -0.2) is 143 Å². The Labute approximate surface area is 447 Å². The number of pyridine rings is 4. The van der Waals surface area contributed by atoms with E-state index in [0.29, 0.717) is 28.0 Å². The average Bonchev–Trinajstić information content (AvgIpc) is 3.22. The maximum absolute atomic E-state index is 10.7. The van der Waals surface area contributed by atoms with Crippen LogP contribution in [0.5, 0.6) is 0 Å². The molecular formula is C47H76BrCl3N16O4. The highest BCUT2D eigenvalue weighted by atomic mass is 79.9. The molecule has 0 fully saturated rings. The minimum Gasteiger partial charge on any atom is -0.397 e. The van der Waals surface area contributed by atoms with Crippen LogP contribution in [0.3, 0.4) is 0 Å². The highest BCUT2D eigenvalue weighted by Crippen LogP contribution is 2.20. The molecule has 396 valence electrons. The number of nitrogens with zero attached hydrogens (tertiary/aromatic N) is 11. The SMILES string of the molecule is C.C#CCN(C)C.Cc1ncc(Br)cc1[N+](=O)[O-].Cc1ncc(C#CCN(C)C)cc1[N+](=O)[O-].Cc1ncc(CCCN(C)C)cc1N.Cc1ncc(CCCN(C)C)cc1N=C(N)N.Cl.Cl.N=C(N)Cl. The summed E-state index contributed by atoms with van der Waals surface area (Å²) >= 11 is 7.73. The number of terminal acetylenes is 1. The molecule has 4 heterocycles. The Morgan fingerprint density at radius 3 is 1.52 bits per heavy atom. The Kier molecular flexibility index (Phi) is 43.9. The van der Waals surface area contributed by atoms with Crippen molar-refractivity contribution in [3.63, 3.8) is 0 Å². The largest absolute Gasteiger partial charge is 0.397 e. The van der Waals surface area contributed by atoms with Gasteiger partial charge in [0.2, 0.25) is 0 Å². The van der Waals surface area contributed by atoms with Crippen LogP contribution in [0.2, 0.25) is 0 Å². The van der Waals surface area contributed by atoms with Gasteiger partial charge in [-0.05, 0) is 174 Å². The number of nitrogens with two attached hydrogens (primary N) is 4. The van der Waals surface area contributed by atoms with E-state index in [4.69, 9.17) is 29.0 Å². The number of anilines is 1. The van der Waals surface area contributed by atoms with Crippen LogP contribution in [-0.2, 0) is 12.8 Å². The summed E-state index contributed by atoms with van der Waals surface area (Å²) in [6.45, 7) is 10.5. The Morgan fingerprint density at radius 1 is 0.718 bits per heavy atom. The van der Waals surface area contributed by atoms with Crippen LogP contribution in [0.15, 0.2) is 58.5 Å². The normalized spacial score (nSPS) is 9.42. The Morgan fingerprint density at radius 2 is 1.14 bits per heavy atom. The molecule has 0 aliphatic rings. The maximum atomic E-state index is 10.7. The van der Waals surface area contributed by atoms with Gasteiger partial charge >= 0.3 is 0 Å². The molecule has 24 heteroatoms. The average molecular weight is 1120 g/mol. The van der Waals surface area contributed by atoms with Crippen molar-refractivity contribution in [2.45, 2.75) is 60.8 Å². The number of hydrogen-bond donors (Lipinski definition) is 5. The first-order valence-corrected chi connectivity index (χ1v) is 22.0. The molecule has 0 saturated heterocycles.